The van der Waals surface area contributed by atoms with Crippen LogP contribution in [0.4, 0.5) is 27.6 Å². The first kappa shape index (κ1) is 25.7. The second kappa shape index (κ2) is 9.59. The van der Waals surface area contributed by atoms with E-state index in [0.717, 1.165) is 65.2 Å². The van der Waals surface area contributed by atoms with Crippen molar-refractivity contribution in [1.82, 2.24) is 5.32 Å². The SMILES string of the molecule is CSC1=C(C(=O)c2ccc(Cl)cc2)C(=O)NC(c2ccc(F)cc2)(C(F)(F)F)N1c1ccc(F)cc1. The summed E-state index contributed by atoms with van der Waals surface area (Å²) >= 11 is 6.61. The number of nitrogens with one attached hydrogen (secondary N) is 1. The summed E-state index contributed by atoms with van der Waals surface area (Å²) in [6.45, 7) is 0. The van der Waals surface area contributed by atoms with E-state index in [9.17, 15) is 18.4 Å². The van der Waals surface area contributed by atoms with Gasteiger partial charge in [0.05, 0.1) is 5.03 Å². The molecule has 1 aliphatic heterocycles. The van der Waals surface area contributed by atoms with Crippen LogP contribution in [-0.2, 0) is 10.5 Å². The van der Waals surface area contributed by atoms with Crippen molar-refractivity contribution >= 4 is 40.7 Å². The number of carbonyl (C=O) groups excluding carboxylic acids is 2. The zero-order chi connectivity index (χ0) is 26.3. The third kappa shape index (κ3) is 4.35. The van der Waals surface area contributed by atoms with Crippen LogP contribution in [0.5, 0.6) is 0 Å². The van der Waals surface area contributed by atoms with E-state index in [0.29, 0.717) is 5.02 Å². The van der Waals surface area contributed by atoms with Gasteiger partial charge in [-0.15, -0.1) is 11.8 Å². The minimum absolute atomic E-state index is 0.0245. The average molecular weight is 539 g/mol. The maximum Gasteiger partial charge on any atom is 0.435 e. The number of Topliss-reactive ketones (excluding diaryl/α,β-unsaturated/α-hetero) is 1. The van der Waals surface area contributed by atoms with Crippen molar-refractivity contribution < 1.29 is 31.5 Å². The topological polar surface area (TPSA) is 49.4 Å². The summed E-state index contributed by atoms with van der Waals surface area (Å²) in [4.78, 5) is 27.4. The molecule has 11 heteroatoms. The van der Waals surface area contributed by atoms with Gasteiger partial charge in [-0.25, -0.2) is 8.78 Å². The third-order valence-electron chi connectivity index (χ3n) is 5.56. The molecule has 0 radical (unpaired) electrons. The molecule has 36 heavy (non-hydrogen) atoms. The Morgan fingerprint density at radius 3 is 1.94 bits per heavy atom. The van der Waals surface area contributed by atoms with Gasteiger partial charge in [0.15, 0.2) is 0 Å². The molecule has 0 spiro atoms. The smallest absolute Gasteiger partial charge is 0.317 e. The first-order chi connectivity index (χ1) is 17.0. The highest BCUT2D eigenvalue weighted by Gasteiger charge is 2.65. The molecule has 4 nitrogen and oxygen atoms in total. The molecule has 1 N–H and O–H groups in total. The lowest BCUT2D eigenvalue weighted by atomic mass is 9.91. The molecular formula is C25H16ClF5N2O2S. The first-order valence-corrected chi connectivity index (χ1v) is 11.9. The highest BCUT2D eigenvalue weighted by molar-refractivity contribution is 8.02. The quantitative estimate of drug-likeness (QED) is 0.231. The van der Waals surface area contributed by atoms with Crippen molar-refractivity contribution in [1.29, 1.82) is 0 Å². The van der Waals surface area contributed by atoms with Crippen molar-refractivity contribution in [3.8, 4) is 0 Å². The van der Waals surface area contributed by atoms with E-state index in [1.54, 1.807) is 0 Å². The van der Waals surface area contributed by atoms with Gasteiger partial charge in [-0.2, -0.15) is 13.2 Å². The van der Waals surface area contributed by atoms with Crippen molar-refractivity contribution in [2.24, 2.45) is 0 Å². The molecule has 1 aliphatic rings. The van der Waals surface area contributed by atoms with Crippen molar-refractivity contribution in [2.45, 2.75) is 11.8 Å². The van der Waals surface area contributed by atoms with E-state index in [4.69, 9.17) is 11.6 Å². The third-order valence-corrected chi connectivity index (χ3v) is 6.58. The molecule has 0 bridgehead atoms. The zero-order valence-electron chi connectivity index (χ0n) is 18.4. The predicted molar refractivity (Wildman–Crippen MR) is 127 cm³/mol. The summed E-state index contributed by atoms with van der Waals surface area (Å²) in [5, 5.41) is 1.96. The molecule has 0 aliphatic carbocycles. The van der Waals surface area contributed by atoms with Crippen molar-refractivity contribution in [2.75, 3.05) is 11.2 Å². The Kier molecular flexibility index (Phi) is 6.85. The molecule has 3 aromatic carbocycles. The number of hydrogen-bond donors (Lipinski definition) is 1. The predicted octanol–water partition coefficient (Wildman–Crippen LogP) is 6.43. The van der Waals surface area contributed by atoms with E-state index >= 15 is 13.2 Å². The molecular weight excluding hydrogens is 523 g/mol. The maximum absolute atomic E-state index is 15.0. The molecule has 1 amide bonds. The number of alkyl halides is 3. The monoisotopic (exact) mass is 538 g/mol. The van der Waals surface area contributed by atoms with Gasteiger partial charge in [-0.3, -0.25) is 14.5 Å². The summed E-state index contributed by atoms with van der Waals surface area (Å²) in [6, 6.07) is 13.0. The van der Waals surface area contributed by atoms with E-state index < -0.39 is 46.3 Å². The second-order valence-corrected chi connectivity index (χ2v) is 8.93. The second-order valence-electron chi connectivity index (χ2n) is 7.70. The number of thioether (sulfide) groups is 1. The number of nitrogens with zero attached hydrogens (tertiary/aromatic N) is 1. The first-order valence-electron chi connectivity index (χ1n) is 10.3. The maximum atomic E-state index is 15.0. The lowest BCUT2D eigenvalue weighted by Gasteiger charge is -2.50. The largest absolute Gasteiger partial charge is 0.435 e. The standard InChI is InChI=1S/C25H16ClF5N2O2S/c1-36-23-20(21(34)14-2-6-16(26)7-3-14)22(35)32-24(25(29,30)31,15-4-8-17(27)9-5-15)33(23)19-12-10-18(28)11-13-19/h2-13H,1H3,(H,32,35). The minimum Gasteiger partial charge on any atom is -0.317 e. The molecule has 1 unspecified atom stereocenters. The number of rotatable bonds is 5. The van der Waals surface area contributed by atoms with Crippen LogP contribution in [0.1, 0.15) is 15.9 Å². The summed E-state index contributed by atoms with van der Waals surface area (Å²) in [5.74, 6) is -3.60. The minimum atomic E-state index is -5.18. The normalized spacial score (nSPS) is 18.3. The van der Waals surface area contributed by atoms with Gasteiger partial charge in [-0.05, 0) is 66.9 Å². The van der Waals surface area contributed by atoms with Crippen LogP contribution in [0.3, 0.4) is 0 Å². The van der Waals surface area contributed by atoms with Gasteiger partial charge in [-0.1, -0.05) is 23.7 Å². The Hall–Kier alpha value is -3.37. The number of anilines is 1. The molecule has 0 saturated carbocycles. The Balaban J connectivity index is 2.06. The van der Waals surface area contributed by atoms with Crippen LogP contribution in [-0.4, -0.2) is 24.1 Å². The molecule has 4 rings (SSSR count). The zero-order valence-corrected chi connectivity index (χ0v) is 19.9. The molecule has 0 fully saturated rings. The molecule has 1 atom stereocenters. The number of ketones is 1. The van der Waals surface area contributed by atoms with Gasteiger partial charge < -0.3 is 5.32 Å². The lowest BCUT2D eigenvalue weighted by molar-refractivity contribution is -0.201. The molecule has 0 saturated heterocycles. The number of hydrogen-bond acceptors (Lipinski definition) is 4. The van der Waals surface area contributed by atoms with E-state index in [1.165, 1.54) is 30.5 Å². The number of benzene rings is 3. The van der Waals surface area contributed by atoms with Gasteiger partial charge in [0.1, 0.15) is 17.2 Å². The van der Waals surface area contributed by atoms with Crippen LogP contribution >= 0.6 is 23.4 Å². The average Bonchev–Trinajstić information content (AvgIpc) is 2.83. The summed E-state index contributed by atoms with van der Waals surface area (Å²) in [5.41, 5.74) is -4.44. The summed E-state index contributed by atoms with van der Waals surface area (Å²) < 4.78 is 72.4. The Labute approximate surface area is 211 Å². The highest BCUT2D eigenvalue weighted by atomic mass is 35.5. The van der Waals surface area contributed by atoms with E-state index in [-0.39, 0.29) is 16.3 Å². The molecule has 1 heterocycles. The van der Waals surface area contributed by atoms with E-state index in [1.807, 2.05) is 5.32 Å². The highest BCUT2D eigenvalue weighted by Crippen LogP contribution is 2.50. The Morgan fingerprint density at radius 1 is 0.917 bits per heavy atom. The van der Waals surface area contributed by atoms with Gasteiger partial charge >= 0.3 is 6.18 Å². The van der Waals surface area contributed by atoms with Crippen LogP contribution in [0.15, 0.2) is 83.4 Å². The van der Waals surface area contributed by atoms with Gasteiger partial charge in [0.2, 0.25) is 11.4 Å². The van der Waals surface area contributed by atoms with Crippen LogP contribution < -0.4 is 10.2 Å². The fourth-order valence-electron chi connectivity index (χ4n) is 3.94. The van der Waals surface area contributed by atoms with Crippen molar-refractivity contribution in [3.63, 3.8) is 0 Å². The number of amides is 1. The molecule has 0 aromatic heterocycles. The van der Waals surface area contributed by atoms with Gasteiger partial charge in [0.25, 0.3) is 5.91 Å². The van der Waals surface area contributed by atoms with E-state index in [2.05, 4.69) is 0 Å². The lowest BCUT2D eigenvalue weighted by Crippen LogP contribution is -2.69. The fraction of sp³-hybridized carbons (Fsp3) is 0.120. The fourth-order valence-corrected chi connectivity index (χ4v) is 4.88. The van der Waals surface area contributed by atoms with Crippen molar-refractivity contribution in [3.05, 3.63) is 111 Å². The molecule has 3 aromatic rings. The van der Waals surface area contributed by atoms with Crippen LogP contribution in [0.25, 0.3) is 0 Å². The van der Waals surface area contributed by atoms with Crippen LogP contribution in [0, 0.1) is 11.6 Å². The summed E-state index contributed by atoms with van der Waals surface area (Å²) in [7, 11) is 0. The Morgan fingerprint density at radius 2 is 1.44 bits per heavy atom. The van der Waals surface area contributed by atoms with Crippen LogP contribution in [0.2, 0.25) is 5.02 Å². The number of carbonyl (C=O) groups is 2. The molecule has 186 valence electrons. The number of halogens is 6. The van der Waals surface area contributed by atoms with Gasteiger partial charge in [0, 0.05) is 21.8 Å². The summed E-state index contributed by atoms with van der Waals surface area (Å²) in [6.07, 6.45) is -3.77. The Bertz CT molecular complexity index is 1340.